The van der Waals surface area contributed by atoms with E-state index in [1.54, 1.807) is 18.7 Å². The third-order valence-electron chi connectivity index (χ3n) is 2.55. The van der Waals surface area contributed by atoms with E-state index in [1.807, 2.05) is 32.0 Å². The van der Waals surface area contributed by atoms with Crippen molar-refractivity contribution in [1.82, 2.24) is 5.32 Å². The summed E-state index contributed by atoms with van der Waals surface area (Å²) in [5.41, 5.74) is 1.31. The normalized spacial score (nSPS) is 11.5. The number of thioether (sulfide) groups is 1. The van der Waals surface area contributed by atoms with Crippen LogP contribution < -0.4 is 10.6 Å². The fourth-order valence-corrected chi connectivity index (χ4v) is 2.45. The van der Waals surface area contributed by atoms with Crippen LogP contribution in [0.15, 0.2) is 23.1 Å². The maximum absolute atomic E-state index is 11.7. The van der Waals surface area contributed by atoms with Crippen LogP contribution in [-0.2, 0) is 4.79 Å². The van der Waals surface area contributed by atoms with Gasteiger partial charge in [-0.2, -0.15) is 5.26 Å². The molecule has 0 aromatic heterocycles. The number of nitriles is 1. The van der Waals surface area contributed by atoms with Gasteiger partial charge in [-0.25, -0.2) is 0 Å². The zero-order valence-electron chi connectivity index (χ0n) is 11.5. The molecule has 1 atom stereocenters. The smallest absolute Gasteiger partial charge is 0.242 e. The van der Waals surface area contributed by atoms with Gasteiger partial charge in [0.1, 0.15) is 12.1 Å². The molecule has 1 aromatic carbocycles. The van der Waals surface area contributed by atoms with Crippen LogP contribution >= 0.6 is 11.8 Å². The number of nitrogens with zero attached hydrogens (tertiary/aromatic N) is 1. The van der Waals surface area contributed by atoms with Crippen molar-refractivity contribution in [2.24, 2.45) is 0 Å². The molecule has 0 spiro atoms. The number of amides is 1. The van der Waals surface area contributed by atoms with Crippen molar-refractivity contribution >= 4 is 23.4 Å². The molecule has 5 heteroatoms. The van der Waals surface area contributed by atoms with Crippen molar-refractivity contribution in [3.8, 4) is 6.07 Å². The van der Waals surface area contributed by atoms with Gasteiger partial charge in [0.15, 0.2) is 0 Å². The van der Waals surface area contributed by atoms with Crippen molar-refractivity contribution in [2.75, 3.05) is 17.6 Å². The Morgan fingerprint density at radius 1 is 1.47 bits per heavy atom. The lowest BCUT2D eigenvalue weighted by molar-refractivity contribution is -0.121. The average Bonchev–Trinajstić information content (AvgIpc) is 2.39. The quantitative estimate of drug-likeness (QED) is 0.784. The molecule has 1 amide bonds. The second kappa shape index (κ2) is 7.70. The maximum atomic E-state index is 11.7. The summed E-state index contributed by atoms with van der Waals surface area (Å²) in [6.45, 7) is 6.31. The van der Waals surface area contributed by atoms with Crippen molar-refractivity contribution < 1.29 is 4.79 Å². The van der Waals surface area contributed by atoms with Crippen LogP contribution in [0, 0.1) is 11.3 Å². The first kappa shape index (κ1) is 15.4. The van der Waals surface area contributed by atoms with Gasteiger partial charge in [-0.15, -0.1) is 11.8 Å². The summed E-state index contributed by atoms with van der Waals surface area (Å²) in [6.07, 6.45) is 0. The first-order valence-electron chi connectivity index (χ1n) is 6.34. The number of carbonyl (C=O) groups excluding carboxylic acids is 1. The largest absolute Gasteiger partial charge is 0.373 e. The molecule has 0 aliphatic rings. The molecule has 1 unspecified atom stereocenters. The van der Waals surface area contributed by atoms with Crippen molar-refractivity contribution in [2.45, 2.75) is 31.7 Å². The molecule has 19 heavy (non-hydrogen) atoms. The Bertz CT molecular complexity index is 482. The molecule has 102 valence electrons. The zero-order valence-corrected chi connectivity index (χ0v) is 12.3. The van der Waals surface area contributed by atoms with E-state index >= 15 is 0 Å². The number of anilines is 1. The Balaban J connectivity index is 2.92. The summed E-state index contributed by atoms with van der Waals surface area (Å²) >= 11 is 1.62. The summed E-state index contributed by atoms with van der Waals surface area (Å²) in [7, 11) is 0. The van der Waals surface area contributed by atoms with Gasteiger partial charge in [0.25, 0.3) is 0 Å². The molecule has 0 fully saturated rings. The topological polar surface area (TPSA) is 64.9 Å². The Labute approximate surface area is 118 Å². The molecule has 4 nitrogen and oxygen atoms in total. The van der Waals surface area contributed by atoms with Crippen LogP contribution in [-0.4, -0.2) is 24.2 Å². The number of hydrogen-bond donors (Lipinski definition) is 2. The highest BCUT2D eigenvalue weighted by molar-refractivity contribution is 7.99. The molecule has 0 saturated heterocycles. The van der Waals surface area contributed by atoms with Crippen LogP contribution in [0.2, 0.25) is 0 Å². The van der Waals surface area contributed by atoms with Gasteiger partial charge in [0.05, 0.1) is 11.3 Å². The lowest BCUT2D eigenvalue weighted by atomic mass is 10.1. The Hall–Kier alpha value is -1.67. The minimum Gasteiger partial charge on any atom is -0.373 e. The predicted octanol–water partition coefficient (Wildman–Crippen LogP) is 2.61. The Morgan fingerprint density at radius 2 is 2.21 bits per heavy atom. The Morgan fingerprint density at radius 3 is 2.79 bits per heavy atom. The lowest BCUT2D eigenvalue weighted by Gasteiger charge is -2.16. The van der Waals surface area contributed by atoms with Gasteiger partial charge in [-0.1, -0.05) is 13.0 Å². The maximum Gasteiger partial charge on any atom is 0.242 e. The minimum absolute atomic E-state index is 0.0695. The van der Waals surface area contributed by atoms with Crippen LogP contribution in [0.1, 0.15) is 26.3 Å². The summed E-state index contributed by atoms with van der Waals surface area (Å²) < 4.78 is 0. The lowest BCUT2D eigenvalue weighted by Crippen LogP contribution is -2.37. The van der Waals surface area contributed by atoms with Gasteiger partial charge < -0.3 is 10.6 Å². The summed E-state index contributed by atoms with van der Waals surface area (Å²) in [5, 5.41) is 15.1. The number of nitrogens with one attached hydrogen (secondary N) is 2. The molecule has 0 bridgehead atoms. The zero-order chi connectivity index (χ0) is 14.3. The highest BCUT2D eigenvalue weighted by Crippen LogP contribution is 2.28. The molecule has 0 aliphatic heterocycles. The second-order valence-electron chi connectivity index (χ2n) is 3.98. The number of likely N-dealkylation sites (N-methyl/N-ethyl adjacent to an activating group) is 1. The molecule has 0 heterocycles. The summed E-state index contributed by atoms with van der Waals surface area (Å²) in [4.78, 5) is 12.6. The third-order valence-corrected chi connectivity index (χ3v) is 3.49. The first-order chi connectivity index (χ1) is 9.13. The second-order valence-corrected chi connectivity index (χ2v) is 5.29. The number of benzene rings is 1. The van der Waals surface area contributed by atoms with Gasteiger partial charge in [-0.3, -0.25) is 4.79 Å². The van der Waals surface area contributed by atoms with E-state index in [0.717, 1.165) is 10.6 Å². The predicted molar refractivity (Wildman–Crippen MR) is 79.3 cm³/mol. The van der Waals surface area contributed by atoms with Crippen molar-refractivity contribution in [3.05, 3.63) is 23.8 Å². The highest BCUT2D eigenvalue weighted by atomic mass is 32.2. The molecular weight excluding hydrogens is 258 g/mol. The molecule has 1 rings (SSSR count). The van der Waals surface area contributed by atoms with E-state index in [2.05, 4.69) is 16.7 Å². The molecule has 0 radical (unpaired) electrons. The minimum atomic E-state index is -0.367. The van der Waals surface area contributed by atoms with Crippen LogP contribution in [0.5, 0.6) is 0 Å². The molecule has 0 saturated carbocycles. The van der Waals surface area contributed by atoms with Crippen LogP contribution in [0.4, 0.5) is 5.69 Å². The van der Waals surface area contributed by atoms with Crippen molar-refractivity contribution in [3.63, 3.8) is 0 Å². The van der Waals surface area contributed by atoms with Crippen molar-refractivity contribution in [1.29, 1.82) is 5.26 Å². The molecular formula is C14H19N3OS. The summed E-state index contributed by atoms with van der Waals surface area (Å²) in [6, 6.07) is 7.49. The SMILES string of the molecule is CCNC(=O)C(C)Nc1cccc(SCC)c1C#N. The molecule has 1 aromatic rings. The average molecular weight is 277 g/mol. The molecule has 0 aliphatic carbocycles. The first-order valence-corrected chi connectivity index (χ1v) is 7.32. The van der Waals surface area contributed by atoms with E-state index in [1.165, 1.54) is 0 Å². The third kappa shape index (κ3) is 4.18. The van der Waals surface area contributed by atoms with E-state index < -0.39 is 0 Å². The summed E-state index contributed by atoms with van der Waals surface area (Å²) in [5.74, 6) is 0.837. The number of hydrogen-bond acceptors (Lipinski definition) is 4. The monoisotopic (exact) mass is 277 g/mol. The standard InChI is InChI=1S/C14H19N3OS/c1-4-16-14(18)10(3)17-12-7-6-8-13(19-5-2)11(12)9-15/h6-8,10,17H,4-5H2,1-3H3,(H,16,18). The van der Waals surface area contributed by atoms with Gasteiger partial charge in [0.2, 0.25) is 5.91 Å². The fourth-order valence-electron chi connectivity index (χ4n) is 1.67. The van der Waals surface area contributed by atoms with Gasteiger partial charge in [-0.05, 0) is 31.7 Å². The van der Waals surface area contributed by atoms with Gasteiger partial charge >= 0.3 is 0 Å². The van der Waals surface area contributed by atoms with E-state index in [-0.39, 0.29) is 11.9 Å². The van der Waals surface area contributed by atoms with E-state index in [9.17, 15) is 10.1 Å². The highest BCUT2D eigenvalue weighted by Gasteiger charge is 2.14. The van der Waals surface area contributed by atoms with Gasteiger partial charge in [0, 0.05) is 11.4 Å². The molecule has 2 N–H and O–H groups in total. The van der Waals surface area contributed by atoms with Crippen LogP contribution in [0.3, 0.4) is 0 Å². The van der Waals surface area contributed by atoms with E-state index in [0.29, 0.717) is 17.8 Å². The Kier molecular flexibility index (Phi) is 6.23. The fraction of sp³-hybridized carbons (Fsp3) is 0.429. The van der Waals surface area contributed by atoms with E-state index in [4.69, 9.17) is 0 Å². The van der Waals surface area contributed by atoms with Crippen LogP contribution in [0.25, 0.3) is 0 Å². The number of carbonyl (C=O) groups is 1. The number of rotatable bonds is 6.